The first-order valence-electron chi connectivity index (χ1n) is 9.39. The molecule has 0 radical (unpaired) electrons. The molecular formula is C22H23ClN2O4. The van der Waals surface area contributed by atoms with E-state index in [0.29, 0.717) is 5.02 Å². The summed E-state index contributed by atoms with van der Waals surface area (Å²) in [5.41, 5.74) is 4.56. The van der Waals surface area contributed by atoms with Crippen LogP contribution in [0.4, 0.5) is 5.69 Å². The number of esters is 2. The Morgan fingerprint density at radius 3 is 2.38 bits per heavy atom. The van der Waals surface area contributed by atoms with E-state index in [1.807, 2.05) is 38.1 Å². The van der Waals surface area contributed by atoms with Gasteiger partial charge < -0.3 is 19.8 Å². The van der Waals surface area contributed by atoms with E-state index in [0.717, 1.165) is 38.6 Å². The van der Waals surface area contributed by atoms with E-state index < -0.39 is 11.9 Å². The summed E-state index contributed by atoms with van der Waals surface area (Å²) in [5.74, 6) is -1.46. The number of aryl methyl sites for hydroxylation is 2. The van der Waals surface area contributed by atoms with Crippen molar-refractivity contribution in [3.05, 3.63) is 52.2 Å². The smallest absolute Gasteiger partial charge is 0.347 e. The Hall–Kier alpha value is -2.99. The summed E-state index contributed by atoms with van der Waals surface area (Å²) in [6.45, 7) is 7.65. The van der Waals surface area contributed by atoms with Gasteiger partial charge in [-0.1, -0.05) is 11.6 Å². The van der Waals surface area contributed by atoms with Crippen molar-refractivity contribution in [2.45, 2.75) is 27.7 Å². The zero-order valence-corrected chi connectivity index (χ0v) is 17.6. The summed E-state index contributed by atoms with van der Waals surface area (Å²) in [7, 11) is 0. The fraction of sp³-hybridized carbons (Fsp3) is 0.273. The van der Waals surface area contributed by atoms with E-state index >= 15 is 0 Å². The number of aromatic nitrogens is 1. The van der Waals surface area contributed by atoms with Crippen LogP contribution in [0.5, 0.6) is 0 Å². The molecule has 0 spiro atoms. The maximum Gasteiger partial charge on any atom is 0.347 e. The zero-order chi connectivity index (χ0) is 21.1. The molecule has 3 aromatic rings. The third-order valence-electron chi connectivity index (χ3n) is 4.66. The lowest BCUT2D eigenvalue weighted by Crippen LogP contribution is -2.19. The van der Waals surface area contributed by atoms with E-state index in [2.05, 4.69) is 10.3 Å². The second kappa shape index (κ2) is 8.57. The number of hydrogen-bond acceptors (Lipinski definition) is 5. The quantitative estimate of drug-likeness (QED) is 0.256. The predicted octanol–water partition coefficient (Wildman–Crippen LogP) is 5.01. The van der Waals surface area contributed by atoms with Crippen LogP contribution < -0.4 is 5.32 Å². The lowest BCUT2D eigenvalue weighted by Gasteiger charge is -2.12. The molecule has 0 saturated heterocycles. The van der Waals surface area contributed by atoms with Crippen LogP contribution in [0.2, 0.25) is 5.02 Å². The van der Waals surface area contributed by atoms with Gasteiger partial charge in [-0.15, -0.1) is 0 Å². The van der Waals surface area contributed by atoms with Crippen molar-refractivity contribution in [1.29, 1.82) is 0 Å². The summed E-state index contributed by atoms with van der Waals surface area (Å²) in [4.78, 5) is 27.8. The summed E-state index contributed by atoms with van der Waals surface area (Å²) < 4.78 is 9.95. The average molecular weight is 415 g/mol. The molecule has 0 atom stereocenters. The van der Waals surface area contributed by atoms with Crippen LogP contribution in [-0.2, 0) is 19.1 Å². The number of carbonyl (C=O) groups excluding carboxylic acids is 2. The van der Waals surface area contributed by atoms with E-state index in [9.17, 15) is 9.59 Å². The Bertz CT molecular complexity index is 1110. The standard InChI is InChI=1S/C22H23ClN2O4/c1-5-28-21(26)16(22(27)29-6-2)11-24-18-9-12(3)20-19(13(18)4)15-10-14(23)7-8-17(15)25-20/h7-11,24-25H,5-6H2,1-4H3. The van der Waals surface area contributed by atoms with Gasteiger partial charge in [-0.25, -0.2) is 9.59 Å². The summed E-state index contributed by atoms with van der Waals surface area (Å²) in [6, 6.07) is 7.67. The molecule has 0 aliphatic carbocycles. The molecule has 1 heterocycles. The van der Waals surface area contributed by atoms with Gasteiger partial charge in [-0.3, -0.25) is 0 Å². The highest BCUT2D eigenvalue weighted by Crippen LogP contribution is 2.35. The second-order valence-corrected chi connectivity index (χ2v) is 7.01. The molecule has 0 saturated carbocycles. The van der Waals surface area contributed by atoms with Crippen LogP contribution in [0.25, 0.3) is 21.8 Å². The molecule has 2 N–H and O–H groups in total. The Morgan fingerprint density at radius 2 is 1.76 bits per heavy atom. The van der Waals surface area contributed by atoms with Crippen LogP contribution in [0.15, 0.2) is 36.0 Å². The van der Waals surface area contributed by atoms with Crippen molar-refractivity contribution in [1.82, 2.24) is 4.98 Å². The van der Waals surface area contributed by atoms with Crippen molar-refractivity contribution in [2.75, 3.05) is 18.5 Å². The molecule has 0 aliphatic rings. The van der Waals surface area contributed by atoms with Gasteiger partial charge in [-0.05, 0) is 63.1 Å². The number of hydrogen-bond donors (Lipinski definition) is 2. The fourth-order valence-electron chi connectivity index (χ4n) is 3.30. The number of benzene rings is 2. The largest absolute Gasteiger partial charge is 0.462 e. The lowest BCUT2D eigenvalue weighted by atomic mass is 10.0. The van der Waals surface area contributed by atoms with E-state index in [1.54, 1.807) is 13.8 Å². The molecule has 1 aromatic heterocycles. The average Bonchev–Trinajstić information content (AvgIpc) is 3.05. The van der Waals surface area contributed by atoms with Crippen molar-refractivity contribution < 1.29 is 19.1 Å². The molecule has 152 valence electrons. The Morgan fingerprint density at radius 1 is 1.10 bits per heavy atom. The molecule has 6 nitrogen and oxygen atoms in total. The SMILES string of the molecule is CCOC(=O)C(=CNc1cc(C)c2[nH]c3ccc(Cl)cc3c2c1C)C(=O)OCC. The number of carbonyl (C=O) groups is 2. The number of nitrogens with one attached hydrogen (secondary N) is 2. The first kappa shape index (κ1) is 20.7. The van der Waals surface area contributed by atoms with Gasteiger partial charge in [-0.2, -0.15) is 0 Å². The van der Waals surface area contributed by atoms with Crippen LogP contribution in [0.3, 0.4) is 0 Å². The van der Waals surface area contributed by atoms with E-state index in [4.69, 9.17) is 21.1 Å². The topological polar surface area (TPSA) is 80.4 Å². The molecule has 0 fully saturated rings. The number of ether oxygens (including phenoxy) is 2. The van der Waals surface area contributed by atoms with Gasteiger partial charge in [0.25, 0.3) is 0 Å². The highest BCUT2D eigenvalue weighted by Gasteiger charge is 2.21. The van der Waals surface area contributed by atoms with Crippen molar-refractivity contribution >= 4 is 51.0 Å². The Balaban J connectivity index is 2.09. The lowest BCUT2D eigenvalue weighted by molar-refractivity contribution is -0.146. The number of anilines is 1. The van der Waals surface area contributed by atoms with Crippen LogP contribution in [-0.4, -0.2) is 30.1 Å². The molecule has 0 bridgehead atoms. The van der Waals surface area contributed by atoms with Crippen molar-refractivity contribution in [3.63, 3.8) is 0 Å². The monoisotopic (exact) mass is 414 g/mol. The summed E-state index contributed by atoms with van der Waals surface area (Å²) >= 11 is 6.20. The van der Waals surface area contributed by atoms with E-state index in [1.165, 1.54) is 6.20 Å². The maximum atomic E-state index is 12.2. The highest BCUT2D eigenvalue weighted by atomic mass is 35.5. The fourth-order valence-corrected chi connectivity index (χ4v) is 3.47. The Labute approximate surface area is 173 Å². The number of halogens is 1. The number of aromatic amines is 1. The van der Waals surface area contributed by atoms with Gasteiger partial charge in [0.15, 0.2) is 5.57 Å². The minimum atomic E-state index is -0.729. The molecule has 0 aliphatic heterocycles. The second-order valence-electron chi connectivity index (χ2n) is 6.57. The van der Waals surface area contributed by atoms with Gasteiger partial charge >= 0.3 is 11.9 Å². The Kier molecular flexibility index (Phi) is 6.13. The van der Waals surface area contributed by atoms with Gasteiger partial charge in [0, 0.05) is 38.7 Å². The van der Waals surface area contributed by atoms with Crippen molar-refractivity contribution in [2.24, 2.45) is 0 Å². The first-order chi connectivity index (χ1) is 13.9. The summed E-state index contributed by atoms with van der Waals surface area (Å²) in [5, 5.41) is 5.78. The third kappa shape index (κ3) is 4.07. The minimum absolute atomic E-state index is 0.162. The minimum Gasteiger partial charge on any atom is -0.462 e. The van der Waals surface area contributed by atoms with Crippen LogP contribution in [0, 0.1) is 13.8 Å². The van der Waals surface area contributed by atoms with Gasteiger partial charge in [0.1, 0.15) is 0 Å². The maximum absolute atomic E-state index is 12.2. The number of fused-ring (bicyclic) bond motifs is 3. The normalized spacial score (nSPS) is 10.8. The molecule has 0 amide bonds. The highest BCUT2D eigenvalue weighted by molar-refractivity contribution is 6.32. The zero-order valence-electron chi connectivity index (χ0n) is 16.8. The molecule has 0 unspecified atom stereocenters. The van der Waals surface area contributed by atoms with Crippen LogP contribution >= 0.6 is 11.6 Å². The third-order valence-corrected chi connectivity index (χ3v) is 4.89. The predicted molar refractivity (Wildman–Crippen MR) is 115 cm³/mol. The first-order valence-corrected chi connectivity index (χ1v) is 9.77. The van der Waals surface area contributed by atoms with Crippen molar-refractivity contribution in [3.8, 4) is 0 Å². The molecular weight excluding hydrogens is 392 g/mol. The van der Waals surface area contributed by atoms with E-state index in [-0.39, 0.29) is 18.8 Å². The number of H-pyrrole nitrogens is 1. The molecule has 29 heavy (non-hydrogen) atoms. The van der Waals surface area contributed by atoms with Gasteiger partial charge in [0.2, 0.25) is 0 Å². The van der Waals surface area contributed by atoms with Gasteiger partial charge in [0.05, 0.1) is 13.2 Å². The molecule has 2 aromatic carbocycles. The molecule has 7 heteroatoms. The van der Waals surface area contributed by atoms with Crippen LogP contribution in [0.1, 0.15) is 25.0 Å². The molecule has 3 rings (SSSR count). The number of rotatable bonds is 6. The summed E-state index contributed by atoms with van der Waals surface area (Å²) in [6.07, 6.45) is 1.34.